The van der Waals surface area contributed by atoms with Crippen molar-refractivity contribution in [3.8, 4) is 0 Å². The summed E-state index contributed by atoms with van der Waals surface area (Å²) in [6, 6.07) is 8.08. The van der Waals surface area contributed by atoms with Gasteiger partial charge in [-0.15, -0.1) is 5.10 Å². The number of benzene rings is 1. The van der Waals surface area contributed by atoms with Crippen molar-refractivity contribution in [3.63, 3.8) is 0 Å². The van der Waals surface area contributed by atoms with Crippen LogP contribution in [0, 0.1) is 5.41 Å². The Morgan fingerprint density at radius 3 is 2.55 bits per heavy atom. The molecule has 3 fully saturated rings. The molecule has 4 aliphatic rings. The Morgan fingerprint density at radius 1 is 1.07 bits per heavy atom. The average molecular weight is 642 g/mol. The molecule has 2 amide bonds. The van der Waals surface area contributed by atoms with Crippen molar-refractivity contribution in [2.45, 2.75) is 87.4 Å². The normalized spacial score (nSPS) is 30.3. The number of rotatable bonds is 4. The van der Waals surface area contributed by atoms with Crippen LogP contribution in [0.1, 0.15) is 81.4 Å². The molecule has 4 N–H and O–H groups in total. The van der Waals surface area contributed by atoms with Crippen molar-refractivity contribution in [2.75, 3.05) is 11.9 Å². The lowest BCUT2D eigenvalue weighted by molar-refractivity contribution is -0.126. The van der Waals surface area contributed by atoms with Crippen molar-refractivity contribution in [1.29, 1.82) is 0 Å². The maximum Gasteiger partial charge on any atom is 0.434 e. The molecule has 2 aromatic heterocycles. The number of H-pyrrole nitrogens is 1. The third-order valence-corrected chi connectivity index (χ3v) is 10.6. The Hall–Kier alpha value is -3.25. The molecule has 5 heterocycles. The van der Waals surface area contributed by atoms with E-state index in [1.54, 1.807) is 18.3 Å². The maximum absolute atomic E-state index is 14.6. The zero-order chi connectivity index (χ0) is 30.9. The molecule has 11 nitrogen and oxygen atoms in total. The van der Waals surface area contributed by atoms with Crippen molar-refractivity contribution >= 4 is 40.7 Å². The number of carbonyl (C=O) groups excluding carboxylic acids is 2. The van der Waals surface area contributed by atoms with Gasteiger partial charge in [-0.3, -0.25) is 14.9 Å². The molecule has 1 saturated carbocycles. The van der Waals surface area contributed by atoms with Gasteiger partial charge in [0.2, 0.25) is 17.7 Å². The van der Waals surface area contributed by atoms with Crippen molar-refractivity contribution in [2.24, 2.45) is 5.41 Å². The summed E-state index contributed by atoms with van der Waals surface area (Å²) < 4.78 is 11.0. The number of halogens is 2. The third-order valence-electron chi connectivity index (χ3n) is 10.2. The van der Waals surface area contributed by atoms with Crippen LogP contribution >= 0.6 is 23.2 Å². The number of aromatic amines is 1. The predicted molar refractivity (Wildman–Crippen MR) is 163 cm³/mol. The monoisotopic (exact) mass is 640 g/mol. The van der Waals surface area contributed by atoms with E-state index >= 15 is 0 Å². The summed E-state index contributed by atoms with van der Waals surface area (Å²) in [5.41, 5.74) is 0.534. The first kappa shape index (κ1) is 29.5. The fourth-order valence-electron chi connectivity index (χ4n) is 8.03. The van der Waals surface area contributed by atoms with Gasteiger partial charge >= 0.3 is 5.76 Å². The Morgan fingerprint density at radius 2 is 1.86 bits per heavy atom. The fraction of sp³-hybridized carbons (Fsp3) is 0.516. The highest BCUT2D eigenvalue weighted by Crippen LogP contribution is 2.63. The molecule has 0 bridgehead atoms. The number of ether oxygens (including phenoxy) is 1. The Bertz CT molecular complexity index is 1670. The number of aromatic nitrogens is 3. The van der Waals surface area contributed by atoms with Gasteiger partial charge in [0, 0.05) is 28.4 Å². The SMILES string of the molecule is CC1(C)CCC2(CC1)N[C@@H](C(=O)N[C@@H]1CC[C@@H](c3n[nH]c(=O)o3)OC1)[C@H](c1ccnc(Cl)c1)[C@]21C(=O)Nc2cc(Cl)ccc21. The number of hydrogen-bond acceptors (Lipinski definition) is 8. The number of pyridine rings is 1. The lowest BCUT2D eigenvalue weighted by Gasteiger charge is -2.50. The molecule has 13 heteroatoms. The summed E-state index contributed by atoms with van der Waals surface area (Å²) >= 11 is 12.8. The number of carbonyl (C=O) groups is 2. The summed E-state index contributed by atoms with van der Waals surface area (Å²) in [4.78, 5) is 44.6. The highest BCUT2D eigenvalue weighted by Gasteiger charge is 2.72. The minimum Gasteiger partial charge on any atom is -0.390 e. The quantitative estimate of drug-likeness (QED) is 0.307. The van der Waals surface area contributed by atoms with Crippen LogP contribution in [0.25, 0.3) is 0 Å². The topological polar surface area (TPSA) is 151 Å². The highest BCUT2D eigenvalue weighted by molar-refractivity contribution is 6.31. The van der Waals surface area contributed by atoms with Gasteiger partial charge in [0.25, 0.3) is 0 Å². The zero-order valence-electron chi connectivity index (χ0n) is 24.4. The number of anilines is 1. The van der Waals surface area contributed by atoms with Crippen molar-refractivity contribution < 1.29 is 18.7 Å². The second kappa shape index (κ2) is 10.7. The number of nitrogens with zero attached hydrogens (tertiary/aromatic N) is 2. The van der Waals surface area contributed by atoms with Crippen molar-refractivity contribution in [1.82, 2.24) is 25.8 Å². The largest absolute Gasteiger partial charge is 0.434 e. The average Bonchev–Trinajstić information content (AvgIpc) is 3.64. The summed E-state index contributed by atoms with van der Waals surface area (Å²) in [7, 11) is 0. The lowest BCUT2D eigenvalue weighted by Crippen LogP contribution is -2.61. The van der Waals surface area contributed by atoms with Crippen LogP contribution in [-0.4, -0.2) is 51.2 Å². The van der Waals surface area contributed by atoms with E-state index in [0.29, 0.717) is 36.4 Å². The number of nitrogens with one attached hydrogen (secondary N) is 4. The molecule has 1 aliphatic carbocycles. The number of fused-ring (bicyclic) bond motifs is 3. The van der Waals surface area contributed by atoms with Gasteiger partial charge in [-0.05, 0) is 79.3 Å². The second-order valence-corrected chi connectivity index (χ2v) is 14.1. The Labute approximate surface area is 263 Å². The third kappa shape index (κ3) is 4.67. The van der Waals surface area contributed by atoms with E-state index in [-0.39, 0.29) is 40.9 Å². The van der Waals surface area contributed by atoms with Crippen LogP contribution in [0.15, 0.2) is 45.7 Å². The number of amides is 2. The molecule has 1 aromatic carbocycles. The van der Waals surface area contributed by atoms with Gasteiger partial charge in [-0.1, -0.05) is 43.1 Å². The minimum atomic E-state index is -1.11. The first-order valence-electron chi connectivity index (χ1n) is 15.0. The van der Waals surface area contributed by atoms with E-state index < -0.39 is 34.8 Å². The first-order chi connectivity index (χ1) is 21.0. The van der Waals surface area contributed by atoms with Gasteiger partial charge in [0.15, 0.2) is 0 Å². The Kier molecular flexibility index (Phi) is 7.15. The van der Waals surface area contributed by atoms with Gasteiger partial charge in [0.05, 0.1) is 18.7 Å². The smallest absolute Gasteiger partial charge is 0.390 e. The molecule has 44 heavy (non-hydrogen) atoms. The van der Waals surface area contributed by atoms with E-state index in [1.807, 2.05) is 18.2 Å². The van der Waals surface area contributed by atoms with Crippen LogP contribution in [0.3, 0.4) is 0 Å². The van der Waals surface area contributed by atoms with Crippen LogP contribution in [-0.2, 0) is 19.7 Å². The van der Waals surface area contributed by atoms with Crippen LogP contribution in [0.5, 0.6) is 0 Å². The van der Waals surface area contributed by atoms with E-state index in [4.69, 9.17) is 32.4 Å². The van der Waals surface area contributed by atoms with E-state index in [0.717, 1.165) is 24.0 Å². The predicted octanol–water partition coefficient (Wildman–Crippen LogP) is 4.39. The molecule has 2 spiro atoms. The minimum absolute atomic E-state index is 0.102. The summed E-state index contributed by atoms with van der Waals surface area (Å²) in [5, 5.41) is 17.1. The van der Waals surface area contributed by atoms with E-state index in [9.17, 15) is 14.4 Å². The van der Waals surface area contributed by atoms with E-state index in [1.165, 1.54) is 0 Å². The highest BCUT2D eigenvalue weighted by atomic mass is 35.5. The van der Waals surface area contributed by atoms with Crippen LogP contribution in [0.4, 0.5) is 5.69 Å². The van der Waals surface area contributed by atoms with Gasteiger partial charge in [-0.2, -0.15) is 0 Å². The van der Waals surface area contributed by atoms with Gasteiger partial charge < -0.3 is 19.8 Å². The molecule has 0 unspecified atom stereocenters. The second-order valence-electron chi connectivity index (χ2n) is 13.3. The molecule has 0 radical (unpaired) electrons. The molecular formula is C31H34Cl2N6O5. The molecule has 2 saturated heterocycles. The van der Waals surface area contributed by atoms with Crippen LogP contribution in [0.2, 0.25) is 10.2 Å². The fourth-order valence-corrected chi connectivity index (χ4v) is 8.38. The molecule has 3 aliphatic heterocycles. The molecule has 3 aromatic rings. The maximum atomic E-state index is 14.6. The van der Waals surface area contributed by atoms with Crippen molar-refractivity contribution in [3.05, 3.63) is 74.3 Å². The van der Waals surface area contributed by atoms with E-state index in [2.05, 4.69) is 45.0 Å². The lowest BCUT2D eigenvalue weighted by atomic mass is 9.53. The molecular weight excluding hydrogens is 607 g/mol. The molecule has 232 valence electrons. The summed E-state index contributed by atoms with van der Waals surface area (Å²) in [6.07, 6.45) is 5.44. The van der Waals surface area contributed by atoms with Gasteiger partial charge in [0.1, 0.15) is 16.7 Å². The summed E-state index contributed by atoms with van der Waals surface area (Å²) in [5.74, 6) is -1.41. The Balaban J connectivity index is 1.28. The van der Waals surface area contributed by atoms with Crippen LogP contribution < -0.4 is 21.7 Å². The number of hydrogen-bond donors (Lipinski definition) is 4. The standard InChI is InChI=1S/C31H34Cl2N6O5/c1-29(2)8-10-30(11-9-29)31(19-5-3-17(32)14-20(19)36-27(31)41)23(16-7-12-34-22(33)13-16)24(37-30)25(40)35-18-4-6-21(43-15-18)26-38-39-28(42)44-26/h3,5,7,12-14,18,21,23-24,37H,4,6,8-11,15H2,1-2H3,(H,35,40)(H,36,41)(H,39,42)/t18-,21+,23+,24-,31-/m1/s1. The molecule has 5 atom stereocenters. The first-order valence-corrected chi connectivity index (χ1v) is 15.7. The zero-order valence-corrected chi connectivity index (χ0v) is 25.9. The van der Waals surface area contributed by atoms with Gasteiger partial charge in [-0.25, -0.2) is 14.9 Å². The summed E-state index contributed by atoms with van der Waals surface area (Å²) in [6.45, 7) is 4.72. The molecule has 7 rings (SSSR count).